The first-order valence-electron chi connectivity index (χ1n) is 6.09. The highest BCUT2D eigenvalue weighted by atomic mass is 32.1. The Balaban J connectivity index is 2.32. The van der Waals surface area contributed by atoms with E-state index in [1.807, 2.05) is 11.3 Å². The van der Waals surface area contributed by atoms with E-state index in [9.17, 15) is 0 Å². The van der Waals surface area contributed by atoms with Gasteiger partial charge in [-0.25, -0.2) is 0 Å². The summed E-state index contributed by atoms with van der Waals surface area (Å²) in [6.45, 7) is 2.93. The maximum Gasteiger partial charge on any atom is 0.0121 e. The van der Waals surface area contributed by atoms with Crippen LogP contribution in [0.3, 0.4) is 0 Å². The molecule has 1 nitrogen and oxygen atoms in total. The molecule has 90 valence electrons. The molecule has 1 unspecified atom stereocenters. The normalized spacial score (nSPS) is 14.5. The Morgan fingerprint density at radius 1 is 1.12 bits per heavy atom. The van der Waals surface area contributed by atoms with E-state index in [1.165, 1.54) is 10.4 Å². The van der Waals surface area contributed by atoms with Gasteiger partial charge in [-0.1, -0.05) is 43.3 Å². The fraction of sp³-hybridized carbons (Fsp3) is 0.333. The van der Waals surface area contributed by atoms with Crippen molar-refractivity contribution in [2.75, 3.05) is 6.54 Å². The van der Waals surface area contributed by atoms with Crippen molar-refractivity contribution < 1.29 is 0 Å². The van der Waals surface area contributed by atoms with Gasteiger partial charge in [0.1, 0.15) is 0 Å². The number of thiophene rings is 1. The summed E-state index contributed by atoms with van der Waals surface area (Å²) in [4.78, 5) is 1.42. The van der Waals surface area contributed by atoms with Crippen molar-refractivity contribution in [2.45, 2.75) is 25.2 Å². The zero-order valence-corrected chi connectivity index (χ0v) is 11.0. The second-order valence-corrected chi connectivity index (χ2v) is 5.49. The summed E-state index contributed by atoms with van der Waals surface area (Å²) < 4.78 is 0. The molecular weight excluding hydrogens is 226 g/mol. The third-order valence-corrected chi connectivity index (χ3v) is 4.42. The van der Waals surface area contributed by atoms with Gasteiger partial charge >= 0.3 is 0 Å². The van der Waals surface area contributed by atoms with Crippen LogP contribution in [-0.2, 0) is 11.8 Å². The minimum Gasteiger partial charge on any atom is -0.330 e. The number of hydrogen-bond acceptors (Lipinski definition) is 2. The smallest absolute Gasteiger partial charge is 0.0121 e. The summed E-state index contributed by atoms with van der Waals surface area (Å²) in [6.07, 6.45) is 2.12. The fourth-order valence-corrected chi connectivity index (χ4v) is 3.15. The van der Waals surface area contributed by atoms with Crippen LogP contribution < -0.4 is 5.73 Å². The molecule has 1 atom stereocenters. The molecule has 0 aliphatic rings. The lowest BCUT2D eigenvalue weighted by Gasteiger charge is -2.31. The zero-order chi connectivity index (χ0) is 12.1. The first-order valence-corrected chi connectivity index (χ1v) is 6.97. The monoisotopic (exact) mass is 245 g/mol. The number of nitrogens with two attached hydrogens (primary N) is 1. The summed E-state index contributed by atoms with van der Waals surface area (Å²) in [7, 11) is 0. The molecule has 2 heteroatoms. The second-order valence-electron chi connectivity index (χ2n) is 4.46. The van der Waals surface area contributed by atoms with Gasteiger partial charge in [-0.3, -0.25) is 0 Å². The van der Waals surface area contributed by atoms with Crippen LogP contribution in [0.5, 0.6) is 0 Å². The average Bonchev–Trinajstić information content (AvgIpc) is 2.90. The van der Waals surface area contributed by atoms with E-state index in [0.29, 0.717) is 6.54 Å². The molecule has 2 aromatic rings. The van der Waals surface area contributed by atoms with Crippen molar-refractivity contribution >= 4 is 11.3 Å². The maximum absolute atomic E-state index is 6.07. The number of hydrogen-bond donors (Lipinski definition) is 1. The fourth-order valence-electron chi connectivity index (χ4n) is 2.30. The lowest BCUT2D eigenvalue weighted by molar-refractivity contribution is 0.421. The van der Waals surface area contributed by atoms with Crippen molar-refractivity contribution in [3.05, 3.63) is 58.3 Å². The molecule has 0 aliphatic heterocycles. The summed E-state index contributed by atoms with van der Waals surface area (Å²) in [5, 5.41) is 2.14. The minimum atomic E-state index is 0.0894. The van der Waals surface area contributed by atoms with E-state index in [0.717, 1.165) is 12.8 Å². The van der Waals surface area contributed by atoms with Crippen LogP contribution in [0.25, 0.3) is 0 Å². The van der Waals surface area contributed by atoms with Crippen molar-refractivity contribution in [3.63, 3.8) is 0 Å². The zero-order valence-electron chi connectivity index (χ0n) is 10.2. The van der Waals surface area contributed by atoms with Gasteiger partial charge in [0.2, 0.25) is 0 Å². The summed E-state index contributed by atoms with van der Waals surface area (Å²) >= 11 is 1.82. The molecular formula is C15H19NS. The van der Waals surface area contributed by atoms with E-state index in [1.54, 1.807) is 0 Å². The van der Waals surface area contributed by atoms with E-state index in [4.69, 9.17) is 5.73 Å². The van der Waals surface area contributed by atoms with Crippen molar-refractivity contribution in [2.24, 2.45) is 5.73 Å². The Kier molecular flexibility index (Phi) is 3.97. The predicted octanol–water partition coefficient (Wildman–Crippen LogP) is 3.60. The Bertz CT molecular complexity index is 429. The Morgan fingerprint density at radius 3 is 2.41 bits per heavy atom. The van der Waals surface area contributed by atoms with E-state index < -0.39 is 0 Å². The van der Waals surface area contributed by atoms with Crippen LogP contribution in [0.2, 0.25) is 0 Å². The van der Waals surface area contributed by atoms with Crippen LogP contribution >= 0.6 is 11.3 Å². The summed E-state index contributed by atoms with van der Waals surface area (Å²) in [6, 6.07) is 15.0. The molecule has 0 radical (unpaired) electrons. The van der Waals surface area contributed by atoms with Crippen LogP contribution in [-0.4, -0.2) is 6.54 Å². The highest BCUT2D eigenvalue weighted by Crippen LogP contribution is 2.32. The molecule has 0 saturated heterocycles. The molecule has 2 N–H and O–H groups in total. The lowest BCUT2D eigenvalue weighted by Crippen LogP contribution is -2.36. The highest BCUT2D eigenvalue weighted by molar-refractivity contribution is 7.09. The van der Waals surface area contributed by atoms with Gasteiger partial charge in [0.15, 0.2) is 0 Å². The lowest BCUT2D eigenvalue weighted by atomic mass is 9.75. The van der Waals surface area contributed by atoms with Gasteiger partial charge < -0.3 is 5.73 Å². The number of benzene rings is 1. The van der Waals surface area contributed by atoms with Gasteiger partial charge in [0.25, 0.3) is 0 Å². The highest BCUT2D eigenvalue weighted by Gasteiger charge is 2.29. The van der Waals surface area contributed by atoms with Crippen molar-refractivity contribution in [3.8, 4) is 0 Å². The van der Waals surface area contributed by atoms with Gasteiger partial charge in [0, 0.05) is 16.8 Å². The molecule has 0 bridgehead atoms. The molecule has 0 fully saturated rings. The molecule has 0 saturated carbocycles. The molecule has 1 heterocycles. The first-order chi connectivity index (χ1) is 8.30. The SMILES string of the molecule is CCC(CN)(Cc1cccs1)c1ccccc1. The van der Waals surface area contributed by atoms with Gasteiger partial charge in [-0.05, 0) is 29.9 Å². The quantitative estimate of drug-likeness (QED) is 0.856. The summed E-state index contributed by atoms with van der Waals surface area (Å²) in [5.41, 5.74) is 7.52. The minimum absolute atomic E-state index is 0.0894. The third-order valence-electron chi connectivity index (χ3n) is 3.55. The molecule has 1 aromatic heterocycles. The molecule has 0 amide bonds. The number of rotatable bonds is 5. The van der Waals surface area contributed by atoms with Crippen molar-refractivity contribution in [1.82, 2.24) is 0 Å². The maximum atomic E-state index is 6.07. The van der Waals surface area contributed by atoms with E-state index >= 15 is 0 Å². The second kappa shape index (κ2) is 5.48. The largest absolute Gasteiger partial charge is 0.330 e. The third kappa shape index (κ3) is 2.59. The van der Waals surface area contributed by atoms with Crippen LogP contribution in [0.1, 0.15) is 23.8 Å². The van der Waals surface area contributed by atoms with Gasteiger partial charge in [-0.15, -0.1) is 11.3 Å². The van der Waals surface area contributed by atoms with Crippen LogP contribution in [0.4, 0.5) is 0 Å². The molecule has 0 aliphatic carbocycles. The van der Waals surface area contributed by atoms with Crippen LogP contribution in [0, 0.1) is 0 Å². The topological polar surface area (TPSA) is 26.0 Å². The van der Waals surface area contributed by atoms with E-state index in [-0.39, 0.29) is 5.41 Å². The standard InChI is InChI=1S/C15H19NS/c1-2-15(12-16,11-14-9-6-10-17-14)13-7-4-3-5-8-13/h3-10H,2,11-12,16H2,1H3. The van der Waals surface area contributed by atoms with E-state index in [2.05, 4.69) is 54.8 Å². The molecule has 1 aromatic carbocycles. The van der Waals surface area contributed by atoms with Gasteiger partial charge in [0.05, 0.1) is 0 Å². The molecule has 17 heavy (non-hydrogen) atoms. The average molecular weight is 245 g/mol. The molecule has 0 spiro atoms. The summed E-state index contributed by atoms with van der Waals surface area (Å²) in [5.74, 6) is 0. The van der Waals surface area contributed by atoms with Crippen molar-refractivity contribution in [1.29, 1.82) is 0 Å². The Labute approximate surface area is 107 Å². The predicted molar refractivity (Wildman–Crippen MR) is 75.5 cm³/mol. The first kappa shape index (κ1) is 12.3. The molecule has 2 rings (SSSR count). The van der Waals surface area contributed by atoms with Gasteiger partial charge in [-0.2, -0.15) is 0 Å². The Hall–Kier alpha value is -1.12. The van der Waals surface area contributed by atoms with Crippen LogP contribution in [0.15, 0.2) is 47.8 Å². The Morgan fingerprint density at radius 2 is 1.88 bits per heavy atom.